The van der Waals surface area contributed by atoms with Crippen molar-refractivity contribution in [3.8, 4) is 12.1 Å². The van der Waals surface area contributed by atoms with Gasteiger partial charge in [0.2, 0.25) is 0 Å². The molecule has 2 rings (SSSR count). The van der Waals surface area contributed by atoms with Gasteiger partial charge in [-0.05, 0) is 44.9 Å². The van der Waals surface area contributed by atoms with E-state index in [1.165, 1.54) is 64.2 Å². The predicted molar refractivity (Wildman–Crippen MR) is 69.5 cm³/mol. The lowest BCUT2D eigenvalue weighted by Crippen LogP contribution is -2.19. The van der Waals surface area contributed by atoms with Crippen LogP contribution >= 0.6 is 7.92 Å². The molecule has 0 saturated heterocycles. The van der Waals surface area contributed by atoms with Gasteiger partial charge in [-0.2, -0.15) is 0 Å². The van der Waals surface area contributed by atoms with Gasteiger partial charge in [0, 0.05) is 0 Å². The van der Waals surface area contributed by atoms with Crippen molar-refractivity contribution in [3.63, 3.8) is 0 Å². The van der Waals surface area contributed by atoms with E-state index in [2.05, 4.69) is 5.66 Å². The molecule has 15 heavy (non-hydrogen) atoms. The zero-order valence-electron chi connectivity index (χ0n) is 9.75. The van der Waals surface area contributed by atoms with Crippen molar-refractivity contribution in [3.05, 3.63) is 0 Å². The fourth-order valence-electron chi connectivity index (χ4n) is 3.23. The van der Waals surface area contributed by atoms with Gasteiger partial charge in [-0.1, -0.05) is 44.2 Å². The molecule has 0 amide bonds. The SMILES string of the molecule is C#CP(C1CCCCC1)C1CCCCC1. The monoisotopic (exact) mass is 222 g/mol. The summed E-state index contributed by atoms with van der Waals surface area (Å²) in [7, 11) is -0.0670. The molecule has 2 fully saturated rings. The average Bonchev–Trinajstić information content (AvgIpc) is 2.33. The van der Waals surface area contributed by atoms with Crippen LogP contribution < -0.4 is 0 Å². The van der Waals surface area contributed by atoms with Crippen LogP contribution in [0.25, 0.3) is 0 Å². The largest absolute Gasteiger partial charge is 0.115 e. The molecule has 2 aliphatic carbocycles. The first-order valence-electron chi connectivity index (χ1n) is 6.66. The van der Waals surface area contributed by atoms with Gasteiger partial charge in [-0.15, -0.1) is 6.42 Å². The zero-order valence-corrected chi connectivity index (χ0v) is 10.6. The van der Waals surface area contributed by atoms with Crippen LogP contribution in [-0.2, 0) is 0 Å². The van der Waals surface area contributed by atoms with E-state index in [4.69, 9.17) is 6.42 Å². The smallest absolute Gasteiger partial charge is 0.00953 e. The Morgan fingerprint density at radius 2 is 1.13 bits per heavy atom. The first-order chi connectivity index (χ1) is 7.42. The van der Waals surface area contributed by atoms with Crippen molar-refractivity contribution >= 4 is 7.92 Å². The first-order valence-corrected chi connectivity index (χ1v) is 8.14. The zero-order chi connectivity index (χ0) is 10.5. The van der Waals surface area contributed by atoms with Crippen LogP contribution in [0.5, 0.6) is 0 Å². The molecule has 2 saturated carbocycles. The minimum absolute atomic E-state index is 0.0670. The van der Waals surface area contributed by atoms with E-state index in [9.17, 15) is 0 Å². The highest BCUT2D eigenvalue weighted by molar-refractivity contribution is 7.64. The Morgan fingerprint density at radius 1 is 0.733 bits per heavy atom. The lowest BCUT2D eigenvalue weighted by atomic mass is 9.99. The third-order valence-electron chi connectivity index (χ3n) is 4.09. The second-order valence-corrected chi connectivity index (χ2v) is 7.65. The van der Waals surface area contributed by atoms with E-state index in [-0.39, 0.29) is 7.92 Å². The molecule has 0 bridgehead atoms. The van der Waals surface area contributed by atoms with Crippen molar-refractivity contribution in [2.24, 2.45) is 0 Å². The normalized spacial score (nSPS) is 25.3. The molecule has 0 aromatic heterocycles. The van der Waals surface area contributed by atoms with Crippen LogP contribution in [0.1, 0.15) is 64.2 Å². The summed E-state index contributed by atoms with van der Waals surface area (Å²) in [5.74, 6) is 0. The third kappa shape index (κ3) is 2.98. The van der Waals surface area contributed by atoms with Crippen LogP contribution in [0.2, 0.25) is 0 Å². The summed E-state index contributed by atoms with van der Waals surface area (Å²) in [4.78, 5) is 0. The van der Waals surface area contributed by atoms with E-state index in [1.54, 1.807) is 0 Å². The highest BCUT2D eigenvalue weighted by Crippen LogP contribution is 2.54. The van der Waals surface area contributed by atoms with Gasteiger partial charge in [0.1, 0.15) is 0 Å². The van der Waals surface area contributed by atoms with Gasteiger partial charge < -0.3 is 0 Å². The Hall–Kier alpha value is -0.0100. The summed E-state index contributed by atoms with van der Waals surface area (Å²) in [6.45, 7) is 0. The van der Waals surface area contributed by atoms with Crippen molar-refractivity contribution in [1.82, 2.24) is 0 Å². The molecule has 0 aliphatic heterocycles. The van der Waals surface area contributed by atoms with E-state index in [0.29, 0.717) is 0 Å². The number of rotatable bonds is 2. The van der Waals surface area contributed by atoms with Crippen LogP contribution in [0.15, 0.2) is 0 Å². The van der Waals surface area contributed by atoms with Gasteiger partial charge in [-0.25, -0.2) is 0 Å². The molecule has 0 nitrogen and oxygen atoms in total. The second-order valence-electron chi connectivity index (χ2n) is 5.12. The maximum absolute atomic E-state index is 5.81. The summed E-state index contributed by atoms with van der Waals surface area (Å²) in [6.07, 6.45) is 20.2. The average molecular weight is 222 g/mol. The van der Waals surface area contributed by atoms with Crippen LogP contribution in [0, 0.1) is 12.1 Å². The summed E-state index contributed by atoms with van der Waals surface area (Å²) in [5.41, 5.74) is 5.07. The van der Waals surface area contributed by atoms with E-state index >= 15 is 0 Å². The van der Waals surface area contributed by atoms with Crippen molar-refractivity contribution in [2.45, 2.75) is 75.5 Å². The second kappa shape index (κ2) is 5.91. The van der Waals surface area contributed by atoms with Gasteiger partial charge in [0.25, 0.3) is 0 Å². The topological polar surface area (TPSA) is 0 Å². The minimum atomic E-state index is -0.0670. The maximum Gasteiger partial charge on any atom is -0.00953 e. The van der Waals surface area contributed by atoms with Crippen molar-refractivity contribution in [2.75, 3.05) is 0 Å². The molecule has 0 spiro atoms. The van der Waals surface area contributed by atoms with Gasteiger partial charge in [0.05, 0.1) is 0 Å². The summed E-state index contributed by atoms with van der Waals surface area (Å²) in [5, 5.41) is 0. The molecule has 0 atom stereocenters. The van der Waals surface area contributed by atoms with Crippen molar-refractivity contribution in [1.29, 1.82) is 0 Å². The van der Waals surface area contributed by atoms with Gasteiger partial charge >= 0.3 is 0 Å². The molecular formula is C14H23P. The van der Waals surface area contributed by atoms with Crippen LogP contribution in [-0.4, -0.2) is 11.3 Å². The molecule has 0 heterocycles. The Labute approximate surface area is 96.0 Å². The van der Waals surface area contributed by atoms with Crippen LogP contribution in [0.4, 0.5) is 0 Å². The lowest BCUT2D eigenvalue weighted by Gasteiger charge is -2.34. The first kappa shape index (κ1) is 11.5. The van der Waals surface area contributed by atoms with Crippen molar-refractivity contribution < 1.29 is 0 Å². The lowest BCUT2D eigenvalue weighted by molar-refractivity contribution is 0.487. The molecule has 0 aromatic rings. The standard InChI is InChI=1S/C14H23P/c1-2-15(13-9-5-3-6-10-13)14-11-7-4-8-12-14/h1,13-14H,3-12H2. The quantitative estimate of drug-likeness (QED) is 0.468. The molecule has 84 valence electrons. The Bertz CT molecular complexity index is 198. The Balaban J connectivity index is 1.92. The molecule has 1 heteroatoms. The van der Waals surface area contributed by atoms with E-state index in [1.807, 2.05) is 0 Å². The highest BCUT2D eigenvalue weighted by Gasteiger charge is 2.29. The fraction of sp³-hybridized carbons (Fsp3) is 0.857. The minimum Gasteiger partial charge on any atom is -0.115 e. The van der Waals surface area contributed by atoms with E-state index in [0.717, 1.165) is 11.3 Å². The molecule has 0 aromatic carbocycles. The Morgan fingerprint density at radius 3 is 1.47 bits per heavy atom. The van der Waals surface area contributed by atoms with Gasteiger partial charge in [0.15, 0.2) is 0 Å². The van der Waals surface area contributed by atoms with E-state index < -0.39 is 0 Å². The summed E-state index contributed by atoms with van der Waals surface area (Å²) >= 11 is 0. The van der Waals surface area contributed by atoms with Gasteiger partial charge in [-0.3, -0.25) is 0 Å². The number of hydrogen-bond donors (Lipinski definition) is 0. The predicted octanol–water partition coefficient (Wildman–Crippen LogP) is 4.72. The molecule has 0 radical (unpaired) electrons. The molecule has 0 unspecified atom stereocenters. The summed E-state index contributed by atoms with van der Waals surface area (Å²) in [6, 6.07) is 0. The summed E-state index contributed by atoms with van der Waals surface area (Å²) < 4.78 is 0. The number of terminal acetylenes is 1. The van der Waals surface area contributed by atoms with Crippen LogP contribution in [0.3, 0.4) is 0 Å². The molecule has 0 N–H and O–H groups in total. The molecular weight excluding hydrogens is 199 g/mol. The highest BCUT2D eigenvalue weighted by atomic mass is 31.1. The molecule has 2 aliphatic rings. The third-order valence-corrected chi connectivity index (χ3v) is 6.99. The number of hydrogen-bond acceptors (Lipinski definition) is 0. The fourth-order valence-corrected chi connectivity index (χ4v) is 6.09. The maximum atomic E-state index is 5.81. The Kier molecular flexibility index (Phi) is 4.52.